The summed E-state index contributed by atoms with van der Waals surface area (Å²) in [7, 11) is 0. The van der Waals surface area contributed by atoms with Gasteiger partial charge in [0.15, 0.2) is 0 Å². The van der Waals surface area contributed by atoms with Gasteiger partial charge in [0.25, 0.3) is 0 Å². The molecule has 5 nitrogen and oxygen atoms in total. The quantitative estimate of drug-likeness (QED) is 0.570. The number of carboxylic acids is 1. The number of amides is 2. The molecule has 0 aliphatic rings. The van der Waals surface area contributed by atoms with Crippen LogP contribution in [0.4, 0.5) is 4.79 Å². The van der Waals surface area contributed by atoms with Crippen LogP contribution in [0.3, 0.4) is 0 Å². The van der Waals surface area contributed by atoms with Gasteiger partial charge in [0, 0.05) is 12.6 Å². The smallest absolute Gasteiger partial charge is 0.315 e. The van der Waals surface area contributed by atoms with Crippen molar-refractivity contribution in [3.8, 4) is 0 Å². The van der Waals surface area contributed by atoms with Crippen LogP contribution >= 0.6 is 0 Å². The van der Waals surface area contributed by atoms with Crippen molar-refractivity contribution < 1.29 is 14.7 Å². The van der Waals surface area contributed by atoms with E-state index in [0.717, 1.165) is 6.42 Å². The Labute approximate surface area is 122 Å². The molecule has 0 spiro atoms. The maximum absolute atomic E-state index is 11.7. The molecule has 118 valence electrons. The molecule has 0 saturated heterocycles. The van der Waals surface area contributed by atoms with Gasteiger partial charge < -0.3 is 15.7 Å². The van der Waals surface area contributed by atoms with Crippen LogP contribution in [0, 0.1) is 11.3 Å². The maximum atomic E-state index is 11.7. The van der Waals surface area contributed by atoms with Gasteiger partial charge in [-0.1, -0.05) is 40.0 Å². The number of carbonyl (C=O) groups is 2. The zero-order valence-corrected chi connectivity index (χ0v) is 13.5. The van der Waals surface area contributed by atoms with E-state index >= 15 is 0 Å². The Morgan fingerprint density at radius 1 is 1.20 bits per heavy atom. The first-order valence-electron chi connectivity index (χ1n) is 7.47. The van der Waals surface area contributed by atoms with Gasteiger partial charge in [0.1, 0.15) is 0 Å². The minimum Gasteiger partial charge on any atom is -0.481 e. The van der Waals surface area contributed by atoms with E-state index in [-0.39, 0.29) is 11.4 Å². The Hall–Kier alpha value is -1.26. The first-order chi connectivity index (χ1) is 9.19. The topological polar surface area (TPSA) is 78.4 Å². The molecule has 0 heterocycles. The molecule has 0 aliphatic carbocycles. The molecular formula is C15H30N2O3. The van der Waals surface area contributed by atoms with E-state index in [0.29, 0.717) is 6.54 Å². The van der Waals surface area contributed by atoms with Crippen molar-refractivity contribution in [3.05, 3.63) is 0 Å². The molecule has 3 N–H and O–H groups in total. The van der Waals surface area contributed by atoms with Crippen molar-refractivity contribution in [2.75, 3.05) is 6.54 Å². The number of urea groups is 1. The number of unbranched alkanes of at least 4 members (excludes halogenated alkanes) is 2. The Kier molecular flexibility index (Phi) is 8.26. The third kappa shape index (κ3) is 8.02. The van der Waals surface area contributed by atoms with Gasteiger partial charge in [-0.3, -0.25) is 4.79 Å². The molecule has 0 rings (SSSR count). The van der Waals surface area contributed by atoms with Crippen LogP contribution in [0.1, 0.15) is 60.3 Å². The lowest BCUT2D eigenvalue weighted by Gasteiger charge is -2.26. The number of carboxylic acid groups (broad SMARTS) is 1. The highest BCUT2D eigenvalue weighted by Crippen LogP contribution is 2.22. The number of hydrogen-bond donors (Lipinski definition) is 3. The highest BCUT2D eigenvalue weighted by Gasteiger charge is 2.22. The first-order valence-corrected chi connectivity index (χ1v) is 7.47. The van der Waals surface area contributed by atoms with E-state index in [2.05, 4.69) is 31.4 Å². The molecule has 20 heavy (non-hydrogen) atoms. The van der Waals surface area contributed by atoms with E-state index < -0.39 is 17.9 Å². The largest absolute Gasteiger partial charge is 0.481 e. The summed E-state index contributed by atoms with van der Waals surface area (Å²) < 4.78 is 0. The molecule has 0 aliphatic heterocycles. The molecule has 0 saturated carbocycles. The molecule has 0 radical (unpaired) electrons. The van der Waals surface area contributed by atoms with Crippen molar-refractivity contribution in [1.29, 1.82) is 0 Å². The molecule has 0 aromatic rings. The number of aliphatic carboxylic acids is 1. The number of nitrogens with one attached hydrogen (secondary N) is 2. The lowest BCUT2D eigenvalue weighted by atomic mass is 9.87. The number of rotatable bonds is 9. The monoisotopic (exact) mass is 286 g/mol. The fourth-order valence-electron chi connectivity index (χ4n) is 1.86. The third-order valence-corrected chi connectivity index (χ3v) is 3.68. The van der Waals surface area contributed by atoms with Crippen LogP contribution in [0.2, 0.25) is 0 Å². The molecule has 5 heteroatoms. The summed E-state index contributed by atoms with van der Waals surface area (Å²) in [5, 5.41) is 14.4. The highest BCUT2D eigenvalue weighted by molar-refractivity contribution is 5.76. The van der Waals surface area contributed by atoms with Crippen molar-refractivity contribution in [2.45, 2.75) is 66.3 Å². The standard InChI is InChI=1S/C15H30N2O3/c1-6-7-8-9-15(4,5)10-16-14(20)17-12(3)11(2)13(18)19/h11-12H,6-10H2,1-5H3,(H,18,19)(H2,16,17,20). The normalized spacial score (nSPS) is 14.4. The van der Waals surface area contributed by atoms with Crippen molar-refractivity contribution in [2.24, 2.45) is 11.3 Å². The second-order valence-corrected chi connectivity index (χ2v) is 6.36. The maximum Gasteiger partial charge on any atom is 0.315 e. The predicted octanol–water partition coefficient (Wildman–Crippen LogP) is 3.00. The Morgan fingerprint density at radius 3 is 2.30 bits per heavy atom. The minimum absolute atomic E-state index is 0.0637. The summed E-state index contributed by atoms with van der Waals surface area (Å²) >= 11 is 0. The van der Waals surface area contributed by atoms with Crippen LogP contribution in [0.25, 0.3) is 0 Å². The van der Waals surface area contributed by atoms with Gasteiger partial charge in [-0.25, -0.2) is 4.79 Å². The van der Waals surface area contributed by atoms with Gasteiger partial charge in [0.2, 0.25) is 0 Å². The zero-order valence-electron chi connectivity index (χ0n) is 13.5. The lowest BCUT2D eigenvalue weighted by molar-refractivity contribution is -0.141. The summed E-state index contributed by atoms with van der Waals surface area (Å²) in [5.41, 5.74) is 0.0637. The van der Waals surface area contributed by atoms with E-state index in [1.54, 1.807) is 13.8 Å². The highest BCUT2D eigenvalue weighted by atomic mass is 16.4. The molecule has 0 bridgehead atoms. The van der Waals surface area contributed by atoms with Gasteiger partial charge >= 0.3 is 12.0 Å². The van der Waals surface area contributed by atoms with Crippen molar-refractivity contribution in [3.63, 3.8) is 0 Å². The zero-order chi connectivity index (χ0) is 15.8. The van der Waals surface area contributed by atoms with Crippen LogP contribution in [-0.2, 0) is 4.79 Å². The molecule has 2 unspecified atom stereocenters. The van der Waals surface area contributed by atoms with Crippen molar-refractivity contribution >= 4 is 12.0 Å². The fraction of sp³-hybridized carbons (Fsp3) is 0.867. The first kappa shape index (κ1) is 18.7. The molecular weight excluding hydrogens is 256 g/mol. The Balaban J connectivity index is 4.06. The predicted molar refractivity (Wildman–Crippen MR) is 80.7 cm³/mol. The summed E-state index contributed by atoms with van der Waals surface area (Å²) in [4.78, 5) is 22.6. The van der Waals surface area contributed by atoms with Gasteiger partial charge in [-0.15, -0.1) is 0 Å². The van der Waals surface area contributed by atoms with E-state index in [1.165, 1.54) is 19.3 Å². The van der Waals surface area contributed by atoms with Crippen LogP contribution in [0.15, 0.2) is 0 Å². The number of hydrogen-bond acceptors (Lipinski definition) is 2. The molecule has 2 atom stereocenters. The average molecular weight is 286 g/mol. The molecule has 0 aromatic carbocycles. The SMILES string of the molecule is CCCCCC(C)(C)CNC(=O)NC(C)C(C)C(=O)O. The van der Waals surface area contributed by atoms with Crippen LogP contribution < -0.4 is 10.6 Å². The van der Waals surface area contributed by atoms with Gasteiger partial charge in [-0.05, 0) is 25.7 Å². The average Bonchev–Trinajstić information content (AvgIpc) is 2.35. The summed E-state index contributed by atoms with van der Waals surface area (Å²) in [6.07, 6.45) is 4.64. The second-order valence-electron chi connectivity index (χ2n) is 6.36. The van der Waals surface area contributed by atoms with Crippen LogP contribution in [-0.4, -0.2) is 29.7 Å². The minimum atomic E-state index is -0.905. The number of carbonyl (C=O) groups excluding carboxylic acids is 1. The fourth-order valence-corrected chi connectivity index (χ4v) is 1.86. The second kappa shape index (κ2) is 8.82. The van der Waals surface area contributed by atoms with Gasteiger partial charge in [-0.2, -0.15) is 0 Å². The Morgan fingerprint density at radius 2 is 1.80 bits per heavy atom. The molecule has 0 fully saturated rings. The summed E-state index contributed by atoms with van der Waals surface area (Å²) in [6, 6.07) is -0.690. The van der Waals surface area contributed by atoms with Gasteiger partial charge in [0.05, 0.1) is 5.92 Å². The summed E-state index contributed by atoms with van der Waals surface area (Å²) in [6.45, 7) is 10.3. The van der Waals surface area contributed by atoms with E-state index in [1.807, 2.05) is 0 Å². The lowest BCUT2D eigenvalue weighted by Crippen LogP contribution is -2.47. The summed E-state index contributed by atoms with van der Waals surface area (Å²) in [5.74, 6) is -1.50. The third-order valence-electron chi connectivity index (χ3n) is 3.68. The van der Waals surface area contributed by atoms with E-state index in [9.17, 15) is 9.59 Å². The molecule has 0 aromatic heterocycles. The van der Waals surface area contributed by atoms with E-state index in [4.69, 9.17) is 5.11 Å². The van der Waals surface area contributed by atoms with Crippen LogP contribution in [0.5, 0.6) is 0 Å². The Bertz CT molecular complexity index is 316. The molecule has 2 amide bonds. The van der Waals surface area contributed by atoms with Crippen molar-refractivity contribution in [1.82, 2.24) is 10.6 Å².